The van der Waals surface area contributed by atoms with Crippen molar-refractivity contribution in [3.05, 3.63) is 212 Å². The average molecular weight is 754 g/mol. The zero-order chi connectivity index (χ0) is 39.1. The lowest BCUT2D eigenvalue weighted by Crippen LogP contribution is -2.01. The number of hydrogen-bond acceptors (Lipinski definition) is 4. The van der Waals surface area contributed by atoms with E-state index in [-0.39, 0.29) is 0 Å². The molecule has 59 heavy (non-hydrogen) atoms. The first-order chi connectivity index (χ1) is 29.2. The molecule has 4 heteroatoms. The van der Waals surface area contributed by atoms with Crippen LogP contribution < -0.4 is 0 Å². The number of para-hydroxylation sites is 1. The molecule has 0 saturated heterocycles. The Bertz CT molecular complexity index is 3250. The summed E-state index contributed by atoms with van der Waals surface area (Å²) in [6.45, 7) is 0. The van der Waals surface area contributed by atoms with E-state index in [1.807, 2.05) is 36.4 Å². The van der Waals surface area contributed by atoms with Crippen LogP contribution in [0.3, 0.4) is 0 Å². The number of benzene rings is 9. The Kier molecular flexibility index (Phi) is 8.45. The third-order valence-electron chi connectivity index (χ3n) is 11.1. The van der Waals surface area contributed by atoms with Gasteiger partial charge in [0.25, 0.3) is 0 Å². The Morgan fingerprint density at radius 1 is 0.271 bits per heavy atom. The highest BCUT2D eigenvalue weighted by atomic mass is 16.3. The van der Waals surface area contributed by atoms with Gasteiger partial charge in [0.15, 0.2) is 17.5 Å². The minimum Gasteiger partial charge on any atom is -0.456 e. The van der Waals surface area contributed by atoms with Gasteiger partial charge in [0.05, 0.1) is 0 Å². The van der Waals surface area contributed by atoms with Crippen LogP contribution in [0, 0.1) is 0 Å². The molecule has 0 aliphatic heterocycles. The molecule has 276 valence electrons. The topological polar surface area (TPSA) is 51.8 Å². The van der Waals surface area contributed by atoms with Gasteiger partial charge in [-0.1, -0.05) is 164 Å². The lowest BCUT2D eigenvalue weighted by Gasteiger charge is -2.13. The molecule has 0 atom stereocenters. The number of nitrogens with zero attached hydrogens (tertiary/aromatic N) is 3. The fourth-order valence-corrected chi connectivity index (χ4v) is 8.14. The van der Waals surface area contributed by atoms with Crippen LogP contribution >= 0.6 is 0 Å². The molecule has 0 spiro atoms. The Balaban J connectivity index is 1.14. The Hall–Kier alpha value is -7.95. The minimum absolute atomic E-state index is 0.565. The fraction of sp³-hybridized carbons (Fsp3) is 0. The summed E-state index contributed by atoms with van der Waals surface area (Å²) >= 11 is 0. The van der Waals surface area contributed by atoms with Gasteiger partial charge < -0.3 is 4.42 Å². The van der Waals surface area contributed by atoms with Crippen LogP contribution in [0.25, 0.3) is 111 Å². The van der Waals surface area contributed by atoms with E-state index in [9.17, 15) is 0 Å². The summed E-state index contributed by atoms with van der Waals surface area (Å²) in [4.78, 5) is 15.8. The van der Waals surface area contributed by atoms with Crippen molar-refractivity contribution in [2.24, 2.45) is 0 Å². The molecular weight excluding hydrogens is 719 g/mol. The van der Waals surface area contributed by atoms with Crippen LogP contribution in [0.1, 0.15) is 0 Å². The van der Waals surface area contributed by atoms with Crippen molar-refractivity contribution < 1.29 is 4.42 Å². The van der Waals surface area contributed by atoms with Crippen molar-refractivity contribution in [2.45, 2.75) is 0 Å². The van der Waals surface area contributed by atoms with Crippen molar-refractivity contribution in [2.75, 3.05) is 0 Å². The second kappa shape index (κ2) is 14.5. The Morgan fingerprint density at radius 2 is 0.712 bits per heavy atom. The van der Waals surface area contributed by atoms with Crippen LogP contribution in [0.15, 0.2) is 217 Å². The Morgan fingerprint density at radius 3 is 1.31 bits per heavy atom. The van der Waals surface area contributed by atoms with Gasteiger partial charge >= 0.3 is 0 Å². The summed E-state index contributed by atoms with van der Waals surface area (Å²) in [7, 11) is 0. The summed E-state index contributed by atoms with van der Waals surface area (Å²) in [5.41, 5.74) is 13.2. The Labute approximate surface area is 341 Å². The number of hydrogen-bond donors (Lipinski definition) is 0. The van der Waals surface area contributed by atoms with Crippen LogP contribution in [0.4, 0.5) is 0 Å². The van der Waals surface area contributed by atoms with E-state index in [0.29, 0.717) is 17.5 Å². The fourth-order valence-electron chi connectivity index (χ4n) is 8.14. The SMILES string of the molecule is c1ccc(-c2cc(-c3ccccc3)cc(-c3nc(-c4ccc5cc(-c6ccccc6)ccc5c4)nc(-c4cc(-c5ccccc5)c5c(c4)oc4ccccc45)n3)c2)cc1. The maximum atomic E-state index is 6.55. The van der Waals surface area contributed by atoms with E-state index in [0.717, 1.165) is 82.8 Å². The van der Waals surface area contributed by atoms with Gasteiger partial charge in [0.2, 0.25) is 0 Å². The molecule has 2 aromatic heterocycles. The summed E-state index contributed by atoms with van der Waals surface area (Å²) < 4.78 is 6.55. The molecule has 0 fully saturated rings. The standard InChI is InChI=1S/C55H35N3O/c1-5-15-36(16-6-1)40-25-26-42-30-43(28-27-41(42)29-40)53-56-54(46-32-44(37-17-7-2-8-18-37)31-45(33-46)38-19-9-3-10-20-38)58-55(57-53)47-34-49(39-21-11-4-12-22-39)52-48-23-13-14-24-50(48)59-51(52)35-47/h1-35H. The van der Waals surface area contributed by atoms with Gasteiger partial charge in [-0.2, -0.15) is 0 Å². The normalized spacial score (nSPS) is 11.4. The van der Waals surface area contributed by atoms with Gasteiger partial charge in [0.1, 0.15) is 11.2 Å². The molecular formula is C55H35N3O. The van der Waals surface area contributed by atoms with Gasteiger partial charge in [-0.25, -0.2) is 15.0 Å². The van der Waals surface area contributed by atoms with Gasteiger partial charge in [-0.15, -0.1) is 0 Å². The zero-order valence-corrected chi connectivity index (χ0v) is 32.0. The molecule has 11 aromatic rings. The molecule has 0 unspecified atom stereocenters. The molecule has 0 radical (unpaired) electrons. The smallest absolute Gasteiger partial charge is 0.164 e. The maximum absolute atomic E-state index is 6.55. The highest BCUT2D eigenvalue weighted by Crippen LogP contribution is 2.41. The number of aromatic nitrogens is 3. The van der Waals surface area contributed by atoms with Crippen molar-refractivity contribution in [3.63, 3.8) is 0 Å². The molecule has 11 rings (SSSR count). The minimum atomic E-state index is 0.565. The van der Waals surface area contributed by atoms with E-state index in [2.05, 4.69) is 176 Å². The van der Waals surface area contributed by atoms with Crippen LogP contribution in [0.5, 0.6) is 0 Å². The number of furan rings is 1. The number of fused-ring (bicyclic) bond motifs is 4. The molecule has 0 amide bonds. The molecule has 9 aromatic carbocycles. The second-order valence-electron chi connectivity index (χ2n) is 14.8. The summed E-state index contributed by atoms with van der Waals surface area (Å²) in [5.74, 6) is 1.75. The molecule has 0 saturated carbocycles. The highest BCUT2D eigenvalue weighted by molar-refractivity contribution is 6.13. The maximum Gasteiger partial charge on any atom is 0.164 e. The van der Waals surface area contributed by atoms with Crippen molar-refractivity contribution in [1.82, 2.24) is 15.0 Å². The van der Waals surface area contributed by atoms with Crippen LogP contribution in [0.2, 0.25) is 0 Å². The summed E-state index contributed by atoms with van der Waals surface area (Å²) in [6.07, 6.45) is 0. The first-order valence-electron chi connectivity index (χ1n) is 19.8. The van der Waals surface area contributed by atoms with Gasteiger partial charge in [-0.3, -0.25) is 0 Å². The van der Waals surface area contributed by atoms with Gasteiger partial charge in [0, 0.05) is 27.5 Å². The van der Waals surface area contributed by atoms with Crippen molar-refractivity contribution >= 4 is 32.7 Å². The average Bonchev–Trinajstić information content (AvgIpc) is 3.70. The number of rotatable bonds is 7. The van der Waals surface area contributed by atoms with Crippen LogP contribution in [-0.2, 0) is 0 Å². The van der Waals surface area contributed by atoms with Crippen LogP contribution in [-0.4, -0.2) is 15.0 Å². The third kappa shape index (κ3) is 6.53. The second-order valence-corrected chi connectivity index (χ2v) is 14.8. The van der Waals surface area contributed by atoms with E-state index < -0.39 is 0 Å². The summed E-state index contributed by atoms with van der Waals surface area (Å²) in [5, 5.41) is 4.40. The molecule has 2 heterocycles. The van der Waals surface area contributed by atoms with E-state index >= 15 is 0 Å². The zero-order valence-electron chi connectivity index (χ0n) is 32.0. The predicted octanol–water partition coefficient (Wildman–Crippen LogP) is 14.6. The predicted molar refractivity (Wildman–Crippen MR) is 243 cm³/mol. The molecule has 0 N–H and O–H groups in total. The molecule has 0 aliphatic carbocycles. The first kappa shape index (κ1) is 34.3. The third-order valence-corrected chi connectivity index (χ3v) is 11.1. The van der Waals surface area contributed by atoms with Crippen molar-refractivity contribution in [1.29, 1.82) is 0 Å². The van der Waals surface area contributed by atoms with E-state index in [4.69, 9.17) is 19.4 Å². The lowest BCUT2D eigenvalue weighted by atomic mass is 9.95. The highest BCUT2D eigenvalue weighted by Gasteiger charge is 2.19. The summed E-state index contributed by atoms with van der Waals surface area (Å²) in [6, 6.07) is 74.1. The quantitative estimate of drug-likeness (QED) is 0.163. The first-order valence-corrected chi connectivity index (χ1v) is 19.8. The largest absolute Gasteiger partial charge is 0.456 e. The van der Waals surface area contributed by atoms with Crippen molar-refractivity contribution in [3.8, 4) is 78.7 Å². The lowest BCUT2D eigenvalue weighted by molar-refractivity contribution is 0.669. The molecule has 4 nitrogen and oxygen atoms in total. The van der Waals surface area contributed by atoms with Gasteiger partial charge in [-0.05, 0) is 104 Å². The molecule has 0 aliphatic rings. The van der Waals surface area contributed by atoms with E-state index in [1.165, 1.54) is 11.1 Å². The monoisotopic (exact) mass is 753 g/mol. The molecule has 0 bridgehead atoms. The van der Waals surface area contributed by atoms with E-state index in [1.54, 1.807) is 0 Å².